The topological polar surface area (TPSA) is 160 Å². The molecule has 0 saturated heterocycles. The van der Waals surface area contributed by atoms with Crippen molar-refractivity contribution in [3.05, 3.63) is 108 Å². The predicted molar refractivity (Wildman–Crippen MR) is 159 cm³/mol. The fourth-order valence-electron chi connectivity index (χ4n) is 4.21. The molecule has 0 aliphatic heterocycles. The molecule has 3 aromatic carbocycles. The van der Waals surface area contributed by atoms with Gasteiger partial charge in [0.05, 0.1) is 31.7 Å². The highest BCUT2D eigenvalue weighted by molar-refractivity contribution is 7.90. The van der Waals surface area contributed by atoms with Gasteiger partial charge in [-0.1, -0.05) is 40.9 Å². The number of nitrogens with one attached hydrogen (secondary N) is 1. The molecule has 2 aromatic heterocycles. The number of benzene rings is 3. The SMILES string of the molecule is Cc1ccc(S(=O)(=O)n2cc(C(=O)N(C)C)c3cc(Oc4c(Cl)cc(-n5nc(C#N)c(=O)[nH]c5=O)cc4Cl)ccc32)cc1. The quantitative estimate of drug-likeness (QED) is 0.291. The molecule has 0 aliphatic rings. The third-order valence-electron chi connectivity index (χ3n) is 6.34. The number of rotatable bonds is 6. The number of amides is 1. The highest BCUT2D eigenvalue weighted by Crippen LogP contribution is 2.39. The Hall–Kier alpha value is -4.90. The van der Waals surface area contributed by atoms with E-state index in [-0.39, 0.29) is 43.2 Å². The van der Waals surface area contributed by atoms with Crippen LogP contribution in [0.2, 0.25) is 10.0 Å². The van der Waals surface area contributed by atoms with Crippen LogP contribution in [0.25, 0.3) is 16.6 Å². The van der Waals surface area contributed by atoms with Gasteiger partial charge in [-0.15, -0.1) is 5.10 Å². The van der Waals surface area contributed by atoms with Crippen molar-refractivity contribution < 1.29 is 17.9 Å². The zero-order valence-corrected chi connectivity index (χ0v) is 25.0. The number of nitrogens with zero attached hydrogens (tertiary/aromatic N) is 5. The first-order chi connectivity index (χ1) is 20.3. The van der Waals surface area contributed by atoms with Gasteiger partial charge in [0.1, 0.15) is 11.8 Å². The van der Waals surface area contributed by atoms with Crippen molar-refractivity contribution in [3.8, 4) is 23.3 Å². The van der Waals surface area contributed by atoms with Gasteiger partial charge in [-0.2, -0.15) is 9.94 Å². The highest BCUT2D eigenvalue weighted by Gasteiger charge is 2.25. The summed E-state index contributed by atoms with van der Waals surface area (Å²) < 4.78 is 34.9. The van der Waals surface area contributed by atoms with Gasteiger partial charge in [-0.3, -0.25) is 14.6 Å². The number of hydrogen-bond acceptors (Lipinski definition) is 8. The Bertz CT molecular complexity index is 2190. The van der Waals surface area contributed by atoms with E-state index in [1.165, 1.54) is 53.6 Å². The molecule has 15 heteroatoms. The van der Waals surface area contributed by atoms with Gasteiger partial charge in [-0.25, -0.2) is 17.2 Å². The summed E-state index contributed by atoms with van der Waals surface area (Å²) in [6, 6.07) is 15.0. The number of aromatic nitrogens is 4. The van der Waals surface area contributed by atoms with Crippen LogP contribution in [0.4, 0.5) is 0 Å². The van der Waals surface area contributed by atoms with Crippen molar-refractivity contribution in [1.82, 2.24) is 23.6 Å². The number of aromatic amines is 1. The van der Waals surface area contributed by atoms with E-state index in [9.17, 15) is 22.8 Å². The molecule has 0 saturated carbocycles. The molecule has 0 radical (unpaired) electrons. The number of hydrogen-bond donors (Lipinski definition) is 1. The van der Waals surface area contributed by atoms with Gasteiger partial charge in [0.2, 0.25) is 5.69 Å². The summed E-state index contributed by atoms with van der Waals surface area (Å²) in [5.41, 5.74) is -1.11. The van der Waals surface area contributed by atoms with Crippen LogP contribution in [0.1, 0.15) is 21.6 Å². The number of ether oxygens (including phenoxy) is 1. The van der Waals surface area contributed by atoms with E-state index in [0.29, 0.717) is 5.39 Å². The molecule has 1 amide bonds. The Morgan fingerprint density at radius 1 is 1.05 bits per heavy atom. The Morgan fingerprint density at radius 3 is 2.30 bits per heavy atom. The maximum atomic E-state index is 13.6. The van der Waals surface area contributed by atoms with Crippen molar-refractivity contribution in [2.75, 3.05) is 14.1 Å². The second kappa shape index (κ2) is 11.1. The molecule has 12 nitrogen and oxygen atoms in total. The van der Waals surface area contributed by atoms with Crippen LogP contribution >= 0.6 is 23.2 Å². The van der Waals surface area contributed by atoms with E-state index in [1.807, 2.05) is 11.9 Å². The van der Waals surface area contributed by atoms with E-state index in [2.05, 4.69) is 5.10 Å². The Morgan fingerprint density at radius 2 is 1.70 bits per heavy atom. The fraction of sp³-hybridized carbons (Fsp3) is 0.107. The van der Waals surface area contributed by atoms with Crippen LogP contribution in [0.5, 0.6) is 11.5 Å². The van der Waals surface area contributed by atoms with Crippen LogP contribution < -0.4 is 16.0 Å². The van der Waals surface area contributed by atoms with Crippen LogP contribution in [-0.2, 0) is 10.0 Å². The lowest BCUT2D eigenvalue weighted by molar-refractivity contribution is 0.0829. The molecule has 43 heavy (non-hydrogen) atoms. The van der Waals surface area contributed by atoms with Crippen molar-refractivity contribution in [3.63, 3.8) is 0 Å². The molecule has 0 spiro atoms. The van der Waals surface area contributed by atoms with Crippen LogP contribution in [0.3, 0.4) is 0 Å². The largest absolute Gasteiger partial charge is 0.454 e. The van der Waals surface area contributed by atoms with Gasteiger partial charge in [-0.05, 0) is 49.4 Å². The summed E-state index contributed by atoms with van der Waals surface area (Å²) >= 11 is 12.9. The van der Waals surface area contributed by atoms with Crippen molar-refractivity contribution in [2.24, 2.45) is 0 Å². The monoisotopic (exact) mass is 638 g/mol. The maximum Gasteiger partial charge on any atom is 0.349 e. The van der Waals surface area contributed by atoms with Gasteiger partial charge in [0, 0.05) is 25.7 Å². The van der Waals surface area contributed by atoms with E-state index in [4.69, 9.17) is 33.2 Å². The second-order valence-electron chi connectivity index (χ2n) is 9.51. The number of aryl methyl sites for hydroxylation is 1. The Kier molecular flexibility index (Phi) is 7.61. The average molecular weight is 639 g/mol. The lowest BCUT2D eigenvalue weighted by Gasteiger charge is -2.13. The number of carbonyl (C=O) groups excluding carboxylic acids is 1. The number of nitriles is 1. The molecule has 0 unspecified atom stereocenters. The lowest BCUT2D eigenvalue weighted by atomic mass is 10.1. The number of halogens is 2. The zero-order chi connectivity index (χ0) is 31.2. The first-order valence-corrected chi connectivity index (χ1v) is 14.5. The van der Waals surface area contributed by atoms with Crippen LogP contribution in [-0.4, -0.2) is 52.1 Å². The normalized spacial score (nSPS) is 11.3. The van der Waals surface area contributed by atoms with Crippen molar-refractivity contribution >= 4 is 50.0 Å². The first-order valence-electron chi connectivity index (χ1n) is 12.3. The maximum absolute atomic E-state index is 13.6. The molecule has 218 valence electrons. The fourth-order valence-corrected chi connectivity index (χ4v) is 6.13. The summed E-state index contributed by atoms with van der Waals surface area (Å²) in [7, 11) is -0.971. The van der Waals surface area contributed by atoms with Crippen molar-refractivity contribution in [2.45, 2.75) is 11.8 Å². The van der Waals surface area contributed by atoms with Crippen molar-refractivity contribution in [1.29, 1.82) is 5.26 Å². The molecule has 1 N–H and O–H groups in total. The van der Waals surface area contributed by atoms with E-state index in [0.717, 1.165) is 14.2 Å². The van der Waals surface area contributed by atoms with Crippen LogP contribution in [0.15, 0.2) is 75.3 Å². The molecule has 5 rings (SSSR count). The van der Waals surface area contributed by atoms with Gasteiger partial charge < -0.3 is 9.64 Å². The van der Waals surface area contributed by atoms with E-state index < -0.39 is 32.9 Å². The minimum absolute atomic E-state index is 0.0170. The predicted octanol–water partition coefficient (Wildman–Crippen LogP) is 4.09. The summed E-state index contributed by atoms with van der Waals surface area (Å²) in [4.78, 5) is 40.4. The average Bonchev–Trinajstić information content (AvgIpc) is 3.34. The second-order valence-corrected chi connectivity index (χ2v) is 12.1. The lowest BCUT2D eigenvalue weighted by Crippen LogP contribution is -2.33. The number of fused-ring (bicyclic) bond motifs is 1. The Balaban J connectivity index is 1.60. The molecule has 0 aliphatic carbocycles. The van der Waals surface area contributed by atoms with E-state index in [1.54, 1.807) is 32.3 Å². The number of carbonyl (C=O) groups is 1. The summed E-state index contributed by atoms with van der Waals surface area (Å²) in [6.45, 7) is 1.84. The standard InChI is InChI=1S/C28H20Cl2N6O6S/c1-15-4-7-18(8-5-15)43(40,41)35-14-20(27(38)34(2)3)19-12-17(6-9-24(19)35)42-25-21(29)10-16(11-22(25)30)36-28(39)32-26(37)23(13-31)33-36/h4-12,14H,1-3H3,(H,32,37,39). The third-order valence-corrected chi connectivity index (χ3v) is 8.59. The highest BCUT2D eigenvalue weighted by atomic mass is 35.5. The molecule has 0 atom stereocenters. The summed E-state index contributed by atoms with van der Waals surface area (Å²) in [5, 5.41) is 13.0. The smallest absolute Gasteiger partial charge is 0.349 e. The molecule has 0 bridgehead atoms. The minimum atomic E-state index is -4.06. The molecule has 5 aromatic rings. The zero-order valence-electron chi connectivity index (χ0n) is 22.6. The number of H-pyrrole nitrogens is 1. The minimum Gasteiger partial charge on any atom is -0.454 e. The molecular weight excluding hydrogens is 619 g/mol. The molecular formula is C28H20Cl2N6O6S. The molecule has 2 heterocycles. The van der Waals surface area contributed by atoms with Gasteiger partial charge in [0.15, 0.2) is 5.75 Å². The Labute approximate surface area is 253 Å². The van der Waals surface area contributed by atoms with Gasteiger partial charge in [0.25, 0.3) is 21.5 Å². The summed E-state index contributed by atoms with van der Waals surface area (Å²) in [5.74, 6) is -0.277. The van der Waals surface area contributed by atoms with E-state index >= 15 is 0 Å². The van der Waals surface area contributed by atoms with Crippen LogP contribution in [0, 0.1) is 18.3 Å². The third kappa shape index (κ3) is 5.39. The molecule has 0 fully saturated rings. The summed E-state index contributed by atoms with van der Waals surface area (Å²) in [6.07, 6.45) is 1.27. The first kappa shape index (κ1) is 29.6. The van der Waals surface area contributed by atoms with Gasteiger partial charge >= 0.3 is 5.69 Å².